The molecule has 3 rings (SSSR count). The van der Waals surface area contributed by atoms with Gasteiger partial charge >= 0.3 is 0 Å². The van der Waals surface area contributed by atoms with E-state index in [1.807, 2.05) is 12.3 Å². The van der Waals surface area contributed by atoms with Crippen LogP contribution in [0.5, 0.6) is 0 Å². The van der Waals surface area contributed by atoms with Gasteiger partial charge in [-0.1, -0.05) is 0 Å². The Hall–Kier alpha value is -0.850. The molecule has 0 bridgehead atoms. The lowest BCUT2D eigenvalue weighted by molar-refractivity contribution is -0.0735. The molecule has 1 amide bonds. The number of rotatable bonds is 4. The van der Waals surface area contributed by atoms with Crippen molar-refractivity contribution < 1.29 is 14.6 Å². The first-order chi connectivity index (χ1) is 9.98. The summed E-state index contributed by atoms with van der Waals surface area (Å²) in [7, 11) is 1.76. The van der Waals surface area contributed by atoms with Crippen LogP contribution in [0.25, 0.3) is 0 Å². The number of hydrogen-bond donors (Lipinski definition) is 1. The van der Waals surface area contributed by atoms with Gasteiger partial charge in [-0.15, -0.1) is 0 Å². The lowest BCUT2D eigenvalue weighted by Crippen LogP contribution is -2.47. The summed E-state index contributed by atoms with van der Waals surface area (Å²) in [6, 6.07) is 2.32. The van der Waals surface area contributed by atoms with Gasteiger partial charge in [0.15, 0.2) is 0 Å². The van der Waals surface area contributed by atoms with Gasteiger partial charge in [0.1, 0.15) is 5.69 Å². The molecule has 1 aromatic rings. The van der Waals surface area contributed by atoms with E-state index in [4.69, 9.17) is 4.74 Å². The maximum absolute atomic E-state index is 12.7. The van der Waals surface area contributed by atoms with Gasteiger partial charge in [0.25, 0.3) is 5.91 Å². The van der Waals surface area contributed by atoms with Crippen LogP contribution in [0.4, 0.5) is 0 Å². The maximum Gasteiger partial charge on any atom is 0.270 e. The van der Waals surface area contributed by atoms with E-state index >= 15 is 0 Å². The van der Waals surface area contributed by atoms with Gasteiger partial charge in [-0.3, -0.25) is 4.79 Å². The molecule has 116 valence electrons. The fraction of sp³-hybridized carbons (Fsp3) is 0.667. The van der Waals surface area contributed by atoms with Crippen LogP contribution in [0.1, 0.15) is 42.2 Å². The van der Waals surface area contributed by atoms with E-state index in [9.17, 15) is 9.90 Å². The number of aliphatic hydroxyl groups is 1. The molecule has 1 aliphatic carbocycles. The van der Waals surface area contributed by atoms with Crippen LogP contribution >= 0.6 is 15.9 Å². The van der Waals surface area contributed by atoms with Crippen LogP contribution in [-0.4, -0.2) is 52.9 Å². The van der Waals surface area contributed by atoms with Gasteiger partial charge in [0, 0.05) is 56.4 Å². The average molecular weight is 357 g/mol. The number of carbonyl (C=O) groups is 1. The molecule has 5 nitrogen and oxygen atoms in total. The SMILES string of the molecule is CN(CC1(O)CCOCC1)C(=O)c1cc(Br)cn1C1CC1. The summed E-state index contributed by atoms with van der Waals surface area (Å²) < 4.78 is 8.26. The minimum atomic E-state index is -0.823. The van der Waals surface area contributed by atoms with E-state index in [1.54, 1.807) is 11.9 Å². The number of halogens is 1. The summed E-state index contributed by atoms with van der Waals surface area (Å²) in [5.74, 6) is -0.0347. The highest BCUT2D eigenvalue weighted by Gasteiger charge is 2.34. The second-order valence-electron chi connectivity index (χ2n) is 6.18. The Morgan fingerprint density at radius 3 is 2.81 bits per heavy atom. The van der Waals surface area contributed by atoms with Gasteiger partial charge in [0.05, 0.1) is 5.60 Å². The van der Waals surface area contributed by atoms with Gasteiger partial charge in [-0.2, -0.15) is 0 Å². The number of nitrogens with zero attached hydrogens (tertiary/aromatic N) is 2. The van der Waals surface area contributed by atoms with Crippen molar-refractivity contribution in [2.75, 3.05) is 26.8 Å². The molecule has 1 aliphatic heterocycles. The van der Waals surface area contributed by atoms with Crippen molar-refractivity contribution in [2.45, 2.75) is 37.3 Å². The van der Waals surface area contributed by atoms with E-state index in [1.165, 1.54) is 0 Å². The minimum absolute atomic E-state index is 0.0347. The molecule has 6 heteroatoms. The predicted molar refractivity (Wildman–Crippen MR) is 82.4 cm³/mol. The number of ether oxygens (including phenoxy) is 1. The average Bonchev–Trinajstić information content (AvgIpc) is 3.21. The Balaban J connectivity index is 1.72. The third kappa shape index (κ3) is 3.33. The summed E-state index contributed by atoms with van der Waals surface area (Å²) >= 11 is 3.45. The zero-order valence-corrected chi connectivity index (χ0v) is 13.8. The molecule has 21 heavy (non-hydrogen) atoms. The molecule has 1 N–H and O–H groups in total. The van der Waals surface area contributed by atoms with Crippen LogP contribution in [0, 0.1) is 0 Å². The predicted octanol–water partition coefficient (Wildman–Crippen LogP) is 2.20. The molecule has 0 radical (unpaired) electrons. The second-order valence-corrected chi connectivity index (χ2v) is 7.10. The molecule has 1 saturated carbocycles. The smallest absolute Gasteiger partial charge is 0.270 e. The van der Waals surface area contributed by atoms with E-state index in [-0.39, 0.29) is 5.91 Å². The summed E-state index contributed by atoms with van der Waals surface area (Å²) in [4.78, 5) is 14.3. The molecule has 0 atom stereocenters. The third-order valence-corrected chi connectivity index (χ3v) is 4.71. The molecule has 0 spiro atoms. The standard InChI is InChI=1S/C15H21BrN2O3/c1-17(10-15(20)4-6-21-7-5-15)14(19)13-8-11(16)9-18(13)12-2-3-12/h8-9,12,20H,2-7,10H2,1H3. The van der Waals surface area contributed by atoms with Gasteiger partial charge in [0.2, 0.25) is 0 Å². The molecule has 2 heterocycles. The third-order valence-electron chi connectivity index (χ3n) is 4.28. The van der Waals surface area contributed by atoms with E-state index in [2.05, 4.69) is 20.5 Å². The zero-order valence-electron chi connectivity index (χ0n) is 12.2. The molecular weight excluding hydrogens is 336 g/mol. The van der Waals surface area contributed by atoms with Crippen molar-refractivity contribution in [3.8, 4) is 0 Å². The van der Waals surface area contributed by atoms with Crippen molar-refractivity contribution in [3.05, 3.63) is 22.4 Å². The summed E-state index contributed by atoms with van der Waals surface area (Å²) in [5.41, 5.74) is -0.126. The topological polar surface area (TPSA) is 54.7 Å². The highest BCUT2D eigenvalue weighted by atomic mass is 79.9. The largest absolute Gasteiger partial charge is 0.388 e. The Kier molecular flexibility index (Phi) is 4.12. The number of aromatic nitrogens is 1. The Morgan fingerprint density at radius 1 is 1.52 bits per heavy atom. The number of hydrogen-bond acceptors (Lipinski definition) is 3. The molecule has 0 unspecified atom stereocenters. The zero-order chi connectivity index (χ0) is 15.0. The highest BCUT2D eigenvalue weighted by Crippen LogP contribution is 2.37. The Morgan fingerprint density at radius 2 is 2.19 bits per heavy atom. The number of carbonyl (C=O) groups excluding carboxylic acids is 1. The van der Waals surface area contributed by atoms with Gasteiger partial charge in [-0.05, 0) is 34.8 Å². The van der Waals surface area contributed by atoms with E-state index in [0.717, 1.165) is 17.3 Å². The molecule has 2 aliphatic rings. The highest BCUT2D eigenvalue weighted by molar-refractivity contribution is 9.10. The quantitative estimate of drug-likeness (QED) is 0.899. The van der Waals surface area contributed by atoms with Crippen LogP contribution in [-0.2, 0) is 4.74 Å². The van der Waals surface area contributed by atoms with Crippen molar-refractivity contribution >= 4 is 21.8 Å². The molecule has 0 aromatic carbocycles. The van der Waals surface area contributed by atoms with Crippen LogP contribution in [0.2, 0.25) is 0 Å². The molecule has 1 aromatic heterocycles. The second kappa shape index (κ2) is 5.74. The lowest BCUT2D eigenvalue weighted by Gasteiger charge is -2.35. The number of likely N-dealkylation sites (N-methyl/N-ethyl adjacent to an activating group) is 1. The van der Waals surface area contributed by atoms with E-state index in [0.29, 0.717) is 44.3 Å². The van der Waals surface area contributed by atoms with Crippen molar-refractivity contribution in [1.82, 2.24) is 9.47 Å². The molecular formula is C15H21BrN2O3. The van der Waals surface area contributed by atoms with Crippen LogP contribution < -0.4 is 0 Å². The minimum Gasteiger partial charge on any atom is -0.388 e. The Bertz CT molecular complexity index is 533. The van der Waals surface area contributed by atoms with Gasteiger partial charge < -0.3 is 19.3 Å². The first-order valence-corrected chi connectivity index (χ1v) is 8.21. The fourth-order valence-corrected chi connectivity index (χ4v) is 3.33. The van der Waals surface area contributed by atoms with Crippen molar-refractivity contribution in [3.63, 3.8) is 0 Å². The summed E-state index contributed by atoms with van der Waals surface area (Å²) in [6.07, 6.45) is 5.40. The van der Waals surface area contributed by atoms with Crippen molar-refractivity contribution in [1.29, 1.82) is 0 Å². The first-order valence-electron chi connectivity index (χ1n) is 7.41. The normalized spacial score (nSPS) is 21.3. The fourth-order valence-electron chi connectivity index (χ4n) is 2.89. The lowest BCUT2D eigenvalue weighted by atomic mass is 9.94. The monoisotopic (exact) mass is 356 g/mol. The van der Waals surface area contributed by atoms with Crippen LogP contribution in [0.15, 0.2) is 16.7 Å². The number of amides is 1. The van der Waals surface area contributed by atoms with Crippen molar-refractivity contribution in [2.24, 2.45) is 0 Å². The van der Waals surface area contributed by atoms with Crippen LogP contribution in [0.3, 0.4) is 0 Å². The van der Waals surface area contributed by atoms with E-state index < -0.39 is 5.60 Å². The molecule has 1 saturated heterocycles. The molecule has 2 fully saturated rings. The summed E-state index contributed by atoms with van der Waals surface area (Å²) in [6.45, 7) is 1.47. The Labute approximate surface area is 133 Å². The maximum atomic E-state index is 12.7. The summed E-state index contributed by atoms with van der Waals surface area (Å²) in [5, 5.41) is 10.5. The van der Waals surface area contributed by atoms with Gasteiger partial charge in [-0.25, -0.2) is 0 Å². The first kappa shape index (κ1) is 15.1.